The molecule has 0 aliphatic carbocycles. The molecule has 0 fully saturated rings. The van der Waals surface area contributed by atoms with Crippen molar-refractivity contribution in [2.75, 3.05) is 11.1 Å². The second kappa shape index (κ2) is 4.63. The third kappa shape index (κ3) is 2.59. The van der Waals surface area contributed by atoms with E-state index in [2.05, 4.69) is 20.3 Å². The molecule has 0 saturated carbocycles. The molecule has 3 N–H and O–H groups in total. The van der Waals surface area contributed by atoms with E-state index in [1.165, 1.54) is 6.33 Å². The number of hydrogen-bond acceptors (Lipinski definition) is 6. The summed E-state index contributed by atoms with van der Waals surface area (Å²) in [6, 6.07) is 6.90. The van der Waals surface area contributed by atoms with Crippen molar-refractivity contribution in [1.29, 1.82) is 5.26 Å². The van der Waals surface area contributed by atoms with Crippen molar-refractivity contribution in [2.45, 2.75) is 0 Å². The molecule has 84 valence electrons. The van der Waals surface area contributed by atoms with E-state index < -0.39 is 0 Å². The summed E-state index contributed by atoms with van der Waals surface area (Å²) in [4.78, 5) is 11.4. The minimum absolute atomic E-state index is 0.106. The molecule has 0 bridgehead atoms. The average molecular weight is 247 g/mol. The standard InChI is InChI=1S/C10H7ClN6/c11-7-1-2-8(6(3-7)4-12)16-10-15-5-14-9(13)17-10/h1-3,5H,(H3,13,14,15,16,17). The lowest BCUT2D eigenvalue weighted by Gasteiger charge is -2.06. The molecule has 0 saturated heterocycles. The molecule has 0 aliphatic rings. The summed E-state index contributed by atoms with van der Waals surface area (Å²) in [6.07, 6.45) is 1.28. The van der Waals surface area contributed by atoms with Crippen molar-refractivity contribution in [3.05, 3.63) is 35.1 Å². The molecule has 6 nitrogen and oxygen atoms in total. The van der Waals surface area contributed by atoms with E-state index in [-0.39, 0.29) is 11.9 Å². The minimum atomic E-state index is 0.106. The molecular weight excluding hydrogens is 240 g/mol. The summed E-state index contributed by atoms with van der Waals surface area (Å²) in [5, 5.41) is 12.3. The van der Waals surface area contributed by atoms with Crippen LogP contribution in [-0.2, 0) is 0 Å². The quantitative estimate of drug-likeness (QED) is 0.837. The van der Waals surface area contributed by atoms with Gasteiger partial charge in [-0.1, -0.05) is 11.6 Å². The van der Waals surface area contributed by atoms with Crippen LogP contribution < -0.4 is 11.1 Å². The molecule has 1 heterocycles. The Morgan fingerprint density at radius 2 is 2.18 bits per heavy atom. The van der Waals surface area contributed by atoms with Crippen molar-refractivity contribution in [3.63, 3.8) is 0 Å². The highest BCUT2D eigenvalue weighted by atomic mass is 35.5. The predicted octanol–water partition coefficient (Wildman–Crippen LogP) is 1.72. The number of anilines is 3. The Kier molecular flexibility index (Phi) is 3.03. The molecule has 2 aromatic rings. The van der Waals surface area contributed by atoms with Crippen LogP contribution >= 0.6 is 11.6 Å². The molecule has 0 amide bonds. The van der Waals surface area contributed by atoms with Crippen molar-refractivity contribution < 1.29 is 0 Å². The van der Waals surface area contributed by atoms with Gasteiger partial charge in [0.25, 0.3) is 0 Å². The van der Waals surface area contributed by atoms with Gasteiger partial charge in [-0.3, -0.25) is 0 Å². The fourth-order valence-electron chi connectivity index (χ4n) is 1.21. The van der Waals surface area contributed by atoms with E-state index in [4.69, 9.17) is 22.6 Å². The number of halogens is 1. The maximum absolute atomic E-state index is 8.95. The summed E-state index contributed by atoms with van der Waals surface area (Å²) in [6.45, 7) is 0. The first kappa shape index (κ1) is 11.1. The molecule has 0 atom stereocenters. The van der Waals surface area contributed by atoms with Gasteiger partial charge in [0, 0.05) is 5.02 Å². The highest BCUT2D eigenvalue weighted by Crippen LogP contribution is 2.21. The van der Waals surface area contributed by atoms with Crippen LogP contribution in [0.25, 0.3) is 0 Å². The van der Waals surface area contributed by atoms with Gasteiger partial charge in [0.05, 0.1) is 11.3 Å². The number of hydrogen-bond donors (Lipinski definition) is 2. The van der Waals surface area contributed by atoms with Gasteiger partial charge in [0.2, 0.25) is 11.9 Å². The predicted molar refractivity (Wildman–Crippen MR) is 63.7 cm³/mol. The second-order valence-corrected chi connectivity index (χ2v) is 3.53. The van der Waals surface area contributed by atoms with Crippen LogP contribution in [0.3, 0.4) is 0 Å². The largest absolute Gasteiger partial charge is 0.368 e. The second-order valence-electron chi connectivity index (χ2n) is 3.09. The minimum Gasteiger partial charge on any atom is -0.368 e. The molecule has 0 unspecified atom stereocenters. The molecule has 2 rings (SSSR count). The number of nitrogens with one attached hydrogen (secondary N) is 1. The smallest absolute Gasteiger partial charge is 0.232 e. The van der Waals surface area contributed by atoms with Crippen molar-refractivity contribution in [1.82, 2.24) is 15.0 Å². The molecule has 7 heteroatoms. The third-order valence-corrected chi connectivity index (χ3v) is 2.17. The Bertz CT molecular complexity index is 592. The van der Waals surface area contributed by atoms with Gasteiger partial charge in [-0.05, 0) is 18.2 Å². The monoisotopic (exact) mass is 246 g/mol. The van der Waals surface area contributed by atoms with E-state index in [1.54, 1.807) is 18.2 Å². The highest BCUT2D eigenvalue weighted by Gasteiger charge is 2.05. The van der Waals surface area contributed by atoms with Gasteiger partial charge in [0.15, 0.2) is 0 Å². The summed E-state index contributed by atoms with van der Waals surface area (Å²) in [7, 11) is 0. The van der Waals surface area contributed by atoms with Crippen LogP contribution in [0.1, 0.15) is 5.56 Å². The zero-order chi connectivity index (χ0) is 12.3. The van der Waals surface area contributed by atoms with Gasteiger partial charge in [0.1, 0.15) is 12.4 Å². The lowest BCUT2D eigenvalue weighted by molar-refractivity contribution is 1.07. The zero-order valence-corrected chi connectivity index (χ0v) is 9.31. The number of aromatic nitrogens is 3. The number of nitrogen functional groups attached to an aromatic ring is 1. The van der Waals surface area contributed by atoms with E-state index in [0.29, 0.717) is 16.3 Å². The Hall–Kier alpha value is -2.39. The Labute approximate surface area is 102 Å². The molecule has 0 aliphatic heterocycles. The number of nitrogens with two attached hydrogens (primary N) is 1. The fraction of sp³-hybridized carbons (Fsp3) is 0. The fourth-order valence-corrected chi connectivity index (χ4v) is 1.38. The molecular formula is C10H7ClN6. The molecule has 1 aromatic heterocycles. The topological polar surface area (TPSA) is 101 Å². The molecule has 0 radical (unpaired) electrons. The summed E-state index contributed by atoms with van der Waals surface area (Å²) >= 11 is 5.78. The number of nitrogens with zero attached hydrogens (tertiary/aromatic N) is 4. The summed E-state index contributed by atoms with van der Waals surface area (Å²) < 4.78 is 0. The Balaban J connectivity index is 2.34. The number of benzene rings is 1. The van der Waals surface area contributed by atoms with Crippen LogP contribution in [0.4, 0.5) is 17.6 Å². The van der Waals surface area contributed by atoms with Gasteiger partial charge >= 0.3 is 0 Å². The van der Waals surface area contributed by atoms with E-state index in [0.717, 1.165) is 0 Å². The maximum atomic E-state index is 8.95. The lowest BCUT2D eigenvalue weighted by Crippen LogP contribution is -2.02. The Morgan fingerprint density at radius 3 is 2.88 bits per heavy atom. The van der Waals surface area contributed by atoms with Gasteiger partial charge in [-0.2, -0.15) is 10.2 Å². The van der Waals surface area contributed by atoms with Gasteiger partial charge in [-0.25, -0.2) is 9.97 Å². The van der Waals surface area contributed by atoms with Crippen molar-refractivity contribution in [2.24, 2.45) is 0 Å². The summed E-state index contributed by atoms with van der Waals surface area (Å²) in [5.41, 5.74) is 6.38. The highest BCUT2D eigenvalue weighted by molar-refractivity contribution is 6.30. The van der Waals surface area contributed by atoms with Crippen LogP contribution in [0.5, 0.6) is 0 Å². The SMILES string of the molecule is N#Cc1cc(Cl)ccc1Nc1ncnc(N)n1. The van der Waals surface area contributed by atoms with Crippen LogP contribution in [0.15, 0.2) is 24.5 Å². The van der Waals surface area contributed by atoms with Crippen LogP contribution in [-0.4, -0.2) is 15.0 Å². The first-order chi connectivity index (χ1) is 8.19. The number of nitriles is 1. The first-order valence-corrected chi connectivity index (χ1v) is 4.98. The van der Waals surface area contributed by atoms with Gasteiger partial charge < -0.3 is 11.1 Å². The summed E-state index contributed by atoms with van der Waals surface area (Å²) in [5.74, 6) is 0.381. The van der Waals surface area contributed by atoms with E-state index in [9.17, 15) is 0 Å². The lowest BCUT2D eigenvalue weighted by atomic mass is 10.2. The van der Waals surface area contributed by atoms with E-state index in [1.807, 2.05) is 6.07 Å². The van der Waals surface area contributed by atoms with Crippen LogP contribution in [0, 0.1) is 11.3 Å². The van der Waals surface area contributed by atoms with E-state index >= 15 is 0 Å². The maximum Gasteiger partial charge on any atom is 0.232 e. The molecule has 1 aromatic carbocycles. The first-order valence-electron chi connectivity index (χ1n) is 4.60. The van der Waals surface area contributed by atoms with Crippen LogP contribution in [0.2, 0.25) is 5.02 Å². The van der Waals surface area contributed by atoms with Crippen molar-refractivity contribution >= 4 is 29.2 Å². The van der Waals surface area contributed by atoms with Crippen molar-refractivity contribution in [3.8, 4) is 6.07 Å². The van der Waals surface area contributed by atoms with Gasteiger partial charge in [-0.15, -0.1) is 0 Å². The third-order valence-electron chi connectivity index (χ3n) is 1.94. The molecule has 17 heavy (non-hydrogen) atoms. The Morgan fingerprint density at radius 1 is 1.35 bits per heavy atom. The normalized spacial score (nSPS) is 9.65. The average Bonchev–Trinajstić information content (AvgIpc) is 2.31. The number of rotatable bonds is 2. The zero-order valence-electron chi connectivity index (χ0n) is 8.55. The molecule has 0 spiro atoms.